The lowest BCUT2D eigenvalue weighted by atomic mass is 9.78. The Morgan fingerprint density at radius 3 is 2.59 bits per heavy atom. The van der Waals surface area contributed by atoms with Crippen molar-refractivity contribution < 1.29 is 14.3 Å². The van der Waals surface area contributed by atoms with Crippen molar-refractivity contribution in [3.8, 4) is 0 Å². The largest absolute Gasteiger partial charge is 0.377 e. The van der Waals surface area contributed by atoms with Gasteiger partial charge in [0.2, 0.25) is 5.91 Å². The number of ether oxygens (including phenoxy) is 2. The molecule has 0 aromatic rings. The molecule has 6 heteroatoms. The molecule has 0 bridgehead atoms. The van der Waals surface area contributed by atoms with Gasteiger partial charge in [-0.1, -0.05) is 20.8 Å². The zero-order valence-corrected chi connectivity index (χ0v) is 14.8. The zero-order chi connectivity index (χ0) is 15.5. The van der Waals surface area contributed by atoms with Crippen molar-refractivity contribution in [3.05, 3.63) is 0 Å². The van der Waals surface area contributed by atoms with Gasteiger partial charge in [-0.25, -0.2) is 0 Å². The van der Waals surface area contributed by atoms with Gasteiger partial charge in [0.05, 0.1) is 12.2 Å². The first-order valence-electron chi connectivity index (χ1n) is 8.16. The second-order valence-corrected chi connectivity index (χ2v) is 7.36. The quantitative estimate of drug-likeness (QED) is 0.823. The molecule has 2 rings (SSSR count). The van der Waals surface area contributed by atoms with Crippen molar-refractivity contribution in [3.63, 3.8) is 0 Å². The normalized spacial score (nSPS) is 32.4. The summed E-state index contributed by atoms with van der Waals surface area (Å²) in [7, 11) is 0. The molecule has 0 aromatic heterocycles. The zero-order valence-electron chi connectivity index (χ0n) is 14.0. The Labute approximate surface area is 140 Å². The number of halogens is 1. The molecular formula is C16H31ClN2O3. The Bertz CT molecular complexity index is 360. The summed E-state index contributed by atoms with van der Waals surface area (Å²) in [5.41, 5.74) is 5.68. The lowest BCUT2D eigenvalue weighted by Gasteiger charge is -2.40. The van der Waals surface area contributed by atoms with Crippen LogP contribution in [0.1, 0.15) is 46.5 Å². The molecule has 0 radical (unpaired) electrons. The standard InChI is InChI=1S/C16H30N2O3.ClH/c1-16(2,3)14-11(5-4-8-20-14)10-18-15(19)13-7-6-12(9-17)21-13;/h11-14H,4-10,17H2,1-3H3,(H,18,19);1H/t11?,12-,13+,14?;/m1./s1. The molecule has 2 fully saturated rings. The second kappa shape index (κ2) is 8.48. The van der Waals surface area contributed by atoms with Crippen LogP contribution in [0, 0.1) is 11.3 Å². The Kier molecular flexibility index (Phi) is 7.59. The van der Waals surface area contributed by atoms with E-state index in [4.69, 9.17) is 15.2 Å². The summed E-state index contributed by atoms with van der Waals surface area (Å²) >= 11 is 0. The predicted molar refractivity (Wildman–Crippen MR) is 89.1 cm³/mol. The summed E-state index contributed by atoms with van der Waals surface area (Å²) < 4.78 is 11.6. The number of hydrogen-bond acceptors (Lipinski definition) is 4. The van der Waals surface area contributed by atoms with Crippen LogP contribution in [0.5, 0.6) is 0 Å². The van der Waals surface area contributed by atoms with Crippen LogP contribution in [0.2, 0.25) is 0 Å². The highest BCUT2D eigenvalue weighted by Gasteiger charge is 2.36. The fraction of sp³-hybridized carbons (Fsp3) is 0.938. The van der Waals surface area contributed by atoms with E-state index in [0.717, 1.165) is 32.3 Å². The van der Waals surface area contributed by atoms with E-state index in [0.29, 0.717) is 19.0 Å². The second-order valence-electron chi connectivity index (χ2n) is 7.36. The third-order valence-electron chi connectivity index (χ3n) is 4.50. The summed E-state index contributed by atoms with van der Waals surface area (Å²) in [5, 5.41) is 3.06. The summed E-state index contributed by atoms with van der Waals surface area (Å²) in [6, 6.07) is 0. The lowest BCUT2D eigenvalue weighted by molar-refractivity contribution is -0.133. The monoisotopic (exact) mass is 334 g/mol. The van der Waals surface area contributed by atoms with Crippen molar-refractivity contribution in [1.29, 1.82) is 0 Å². The molecule has 2 aliphatic heterocycles. The van der Waals surface area contributed by atoms with Crippen molar-refractivity contribution in [2.45, 2.75) is 64.8 Å². The van der Waals surface area contributed by atoms with Gasteiger partial charge in [-0.3, -0.25) is 4.79 Å². The van der Waals surface area contributed by atoms with Gasteiger partial charge in [0.25, 0.3) is 0 Å². The van der Waals surface area contributed by atoms with Crippen LogP contribution in [-0.4, -0.2) is 43.9 Å². The molecule has 0 saturated carbocycles. The van der Waals surface area contributed by atoms with Crippen LogP contribution >= 0.6 is 12.4 Å². The molecule has 0 spiro atoms. The van der Waals surface area contributed by atoms with Gasteiger partial charge in [0.1, 0.15) is 6.10 Å². The van der Waals surface area contributed by atoms with Crippen LogP contribution in [-0.2, 0) is 14.3 Å². The van der Waals surface area contributed by atoms with Gasteiger partial charge in [0.15, 0.2) is 0 Å². The maximum absolute atomic E-state index is 12.2. The summed E-state index contributed by atoms with van der Waals surface area (Å²) in [5.74, 6) is 0.388. The average molecular weight is 335 g/mol. The van der Waals surface area contributed by atoms with E-state index >= 15 is 0 Å². The highest BCUT2D eigenvalue weighted by atomic mass is 35.5. The first-order chi connectivity index (χ1) is 9.91. The first-order valence-corrected chi connectivity index (χ1v) is 8.16. The Balaban J connectivity index is 0.00000242. The van der Waals surface area contributed by atoms with Crippen LogP contribution in [0.25, 0.3) is 0 Å². The van der Waals surface area contributed by atoms with E-state index in [2.05, 4.69) is 26.1 Å². The van der Waals surface area contributed by atoms with E-state index in [1.807, 2.05) is 0 Å². The molecule has 2 aliphatic rings. The number of hydrogen-bond donors (Lipinski definition) is 2. The van der Waals surface area contributed by atoms with Gasteiger partial charge in [-0.15, -0.1) is 12.4 Å². The number of carbonyl (C=O) groups is 1. The molecule has 130 valence electrons. The van der Waals surface area contributed by atoms with E-state index < -0.39 is 0 Å². The molecule has 0 aliphatic carbocycles. The fourth-order valence-corrected chi connectivity index (χ4v) is 3.43. The van der Waals surface area contributed by atoms with Crippen LogP contribution in [0.15, 0.2) is 0 Å². The third kappa shape index (κ3) is 5.08. The van der Waals surface area contributed by atoms with Crippen molar-refractivity contribution in [1.82, 2.24) is 5.32 Å². The van der Waals surface area contributed by atoms with E-state index in [1.54, 1.807) is 0 Å². The lowest BCUT2D eigenvalue weighted by Crippen LogP contribution is -2.46. The van der Waals surface area contributed by atoms with Gasteiger partial charge in [-0.2, -0.15) is 0 Å². The first kappa shape index (κ1) is 19.7. The molecule has 2 unspecified atom stereocenters. The molecule has 4 atom stereocenters. The van der Waals surface area contributed by atoms with Gasteiger partial charge >= 0.3 is 0 Å². The molecule has 2 saturated heterocycles. The summed E-state index contributed by atoms with van der Waals surface area (Å²) in [4.78, 5) is 12.2. The number of carbonyl (C=O) groups excluding carboxylic acids is 1. The number of nitrogens with one attached hydrogen (secondary N) is 1. The molecular weight excluding hydrogens is 304 g/mol. The summed E-state index contributed by atoms with van der Waals surface area (Å²) in [6.45, 7) is 8.59. The van der Waals surface area contributed by atoms with Gasteiger partial charge in [0, 0.05) is 25.6 Å². The minimum absolute atomic E-state index is 0. The highest BCUT2D eigenvalue weighted by molar-refractivity contribution is 5.85. The minimum atomic E-state index is -0.323. The highest BCUT2D eigenvalue weighted by Crippen LogP contribution is 2.33. The van der Waals surface area contributed by atoms with E-state index in [9.17, 15) is 4.79 Å². The van der Waals surface area contributed by atoms with Crippen LogP contribution < -0.4 is 11.1 Å². The average Bonchev–Trinajstić information content (AvgIpc) is 2.93. The minimum Gasteiger partial charge on any atom is -0.377 e. The third-order valence-corrected chi connectivity index (χ3v) is 4.50. The molecule has 0 aromatic carbocycles. The topological polar surface area (TPSA) is 73.6 Å². The van der Waals surface area contributed by atoms with Gasteiger partial charge < -0.3 is 20.5 Å². The van der Waals surface area contributed by atoms with Crippen LogP contribution in [0.4, 0.5) is 0 Å². The molecule has 22 heavy (non-hydrogen) atoms. The number of amides is 1. The van der Waals surface area contributed by atoms with E-state index in [1.165, 1.54) is 0 Å². The molecule has 1 amide bonds. The Hall–Kier alpha value is -0.360. The van der Waals surface area contributed by atoms with Crippen molar-refractivity contribution in [2.75, 3.05) is 19.7 Å². The van der Waals surface area contributed by atoms with Crippen molar-refractivity contribution in [2.24, 2.45) is 17.1 Å². The predicted octanol–water partition coefficient (Wildman–Crippen LogP) is 1.87. The number of nitrogens with two attached hydrogens (primary N) is 1. The Morgan fingerprint density at radius 1 is 1.27 bits per heavy atom. The smallest absolute Gasteiger partial charge is 0.249 e. The van der Waals surface area contributed by atoms with Crippen LogP contribution in [0.3, 0.4) is 0 Å². The molecule has 3 N–H and O–H groups in total. The van der Waals surface area contributed by atoms with Crippen molar-refractivity contribution >= 4 is 18.3 Å². The van der Waals surface area contributed by atoms with E-state index in [-0.39, 0.29) is 42.0 Å². The summed E-state index contributed by atoms with van der Waals surface area (Å²) in [6.07, 6.45) is 3.76. The van der Waals surface area contributed by atoms with Gasteiger partial charge in [-0.05, 0) is 31.1 Å². The maximum atomic E-state index is 12.2. The fourth-order valence-electron chi connectivity index (χ4n) is 3.43. The number of rotatable bonds is 4. The molecule has 5 nitrogen and oxygen atoms in total. The molecule has 2 heterocycles. The maximum Gasteiger partial charge on any atom is 0.249 e. The Morgan fingerprint density at radius 2 is 2.00 bits per heavy atom. The SMILES string of the molecule is CC(C)(C)C1OCCCC1CNC(=O)[C@@H]1CC[C@H](CN)O1.Cl.